The van der Waals surface area contributed by atoms with Crippen molar-refractivity contribution in [3.63, 3.8) is 0 Å². The van der Waals surface area contributed by atoms with Crippen LogP contribution < -0.4 is 68.8 Å². The first-order valence-corrected chi connectivity index (χ1v) is 39.3. The number of hydrogen-bond acceptors (Lipinski definition) is 21. The number of rotatable bonds is 18. The average molecular weight is 1630 g/mol. The van der Waals surface area contributed by atoms with E-state index >= 15 is 24.0 Å². The van der Waals surface area contributed by atoms with Gasteiger partial charge in [-0.3, -0.25) is 52.7 Å². The molecule has 0 saturated carbocycles. The van der Waals surface area contributed by atoms with Crippen molar-refractivity contribution in [2.24, 2.45) is 22.3 Å². The molecular weight excluding hydrogens is 1530 g/mol. The fourth-order valence-corrected chi connectivity index (χ4v) is 14.6. The van der Waals surface area contributed by atoms with Gasteiger partial charge in [-0.15, -0.1) is 10.2 Å². The summed E-state index contributed by atoms with van der Waals surface area (Å²) in [7, 11) is 3.17. The highest BCUT2D eigenvalue weighted by Gasteiger charge is 2.53. The molecular formula is C84H103N19O16. The molecule has 0 spiro atoms. The van der Waals surface area contributed by atoms with E-state index in [-0.39, 0.29) is 81.2 Å². The third-order valence-electron chi connectivity index (χ3n) is 21.8. The van der Waals surface area contributed by atoms with E-state index in [1.165, 1.54) is 25.4 Å². The maximum absolute atomic E-state index is 15.6. The molecule has 119 heavy (non-hydrogen) atoms. The molecule has 0 unspecified atom stereocenters. The number of ether oxygens (including phenoxy) is 2. The van der Waals surface area contributed by atoms with Gasteiger partial charge in [-0.05, 0) is 107 Å². The number of carboxylic acids is 2. The maximum Gasteiger partial charge on any atom is 0.326 e. The van der Waals surface area contributed by atoms with E-state index < -0.39 is 173 Å². The van der Waals surface area contributed by atoms with Gasteiger partial charge in [0.05, 0.1) is 43.5 Å². The van der Waals surface area contributed by atoms with Crippen LogP contribution in [0.5, 0.6) is 11.5 Å². The van der Waals surface area contributed by atoms with E-state index in [0.29, 0.717) is 22.3 Å². The van der Waals surface area contributed by atoms with Crippen LogP contribution in [-0.2, 0) is 102 Å². The number of nitrogens with zero attached hydrogens (tertiary/aromatic N) is 8. The molecule has 8 heterocycles. The molecule has 8 aromatic rings. The highest BCUT2D eigenvalue weighted by Crippen LogP contribution is 2.35. The Balaban J connectivity index is 0.963. The second kappa shape index (κ2) is 37.2. The van der Waals surface area contributed by atoms with Crippen LogP contribution in [-0.4, -0.2) is 215 Å². The highest BCUT2D eigenvalue weighted by atomic mass is 16.5. The van der Waals surface area contributed by atoms with Crippen molar-refractivity contribution < 1.29 is 77.2 Å². The van der Waals surface area contributed by atoms with Crippen LogP contribution in [0.2, 0.25) is 0 Å². The number of primary amides is 1. The van der Waals surface area contributed by atoms with Gasteiger partial charge in [0.15, 0.2) is 0 Å². The van der Waals surface area contributed by atoms with Crippen molar-refractivity contribution in [2.75, 3.05) is 27.2 Å². The SMILES string of the molecule is CN[C@@H](C)C(=O)N[C@H](C(=O)N1C[C@@H]2C[C@H]1C(=O)N[C@@H](Cc1ccc3ccccc3c1)C(=O)N[C@H](C(=O)O)Cc1ccc(cc1)OCc1cn(nn1)[C@@]1(N)C[C@@H](C(=O)N[C@@H](Cc3ccc4ccccc4c3)C(=O)N[C@H](C(=O)N[C@@H](CC(=O)O)C(N)=O)Cc3ccc(cc3)OCc3cn2nn3)N(C(=O)[C@@H](NC(=O)[C@H](C)NC)C(C)(C)C)C1)C(C)(C)C. The Morgan fingerprint density at radius 2 is 1.03 bits per heavy atom. The van der Waals surface area contributed by atoms with E-state index in [0.717, 1.165) is 21.5 Å². The second-order valence-corrected chi connectivity index (χ2v) is 32.9. The molecule has 0 radical (unpaired) electrons. The van der Waals surface area contributed by atoms with Crippen LogP contribution in [0.3, 0.4) is 0 Å². The van der Waals surface area contributed by atoms with Gasteiger partial charge in [-0.1, -0.05) is 161 Å². The summed E-state index contributed by atoms with van der Waals surface area (Å²) in [6.07, 6.45) is 0.736. The lowest BCUT2D eigenvalue weighted by atomic mass is 9.85. The summed E-state index contributed by atoms with van der Waals surface area (Å²) in [5.74, 6) is -10.3. The van der Waals surface area contributed by atoms with Crippen LogP contribution in [0.25, 0.3) is 21.5 Å². The fraction of sp³-hybridized carbons (Fsp3) is 0.429. The lowest BCUT2D eigenvalue weighted by Gasteiger charge is -2.36. The Morgan fingerprint density at radius 1 is 0.571 bits per heavy atom. The lowest BCUT2D eigenvalue weighted by Crippen LogP contribution is -2.61. The number of benzene rings is 6. The average Bonchev–Trinajstić information content (AvgIpc) is 1.61. The number of aliphatic carboxylic acids is 2. The van der Waals surface area contributed by atoms with Gasteiger partial charge in [0, 0.05) is 45.1 Å². The van der Waals surface area contributed by atoms with E-state index in [2.05, 4.69) is 68.5 Å². The Labute approximate surface area is 686 Å². The van der Waals surface area contributed by atoms with E-state index in [1.54, 1.807) is 136 Å². The molecule has 13 atom stereocenters. The minimum absolute atomic E-state index is 0.0848. The minimum atomic E-state index is -1.75. The predicted molar refractivity (Wildman–Crippen MR) is 434 cm³/mol. The van der Waals surface area contributed by atoms with Crippen LogP contribution in [0.1, 0.15) is 114 Å². The zero-order valence-electron chi connectivity index (χ0n) is 67.9. The molecule has 12 bridgehead atoms. The Morgan fingerprint density at radius 3 is 1.51 bits per heavy atom. The van der Waals surface area contributed by atoms with Crippen LogP contribution >= 0.6 is 0 Å². The van der Waals surface area contributed by atoms with Crippen molar-refractivity contribution in [1.29, 1.82) is 0 Å². The van der Waals surface area contributed by atoms with E-state index in [1.807, 2.05) is 72.8 Å². The highest BCUT2D eigenvalue weighted by molar-refractivity contribution is 6.00. The summed E-state index contributed by atoms with van der Waals surface area (Å²) in [5, 5.41) is 66.6. The molecule has 6 aromatic carbocycles. The second-order valence-electron chi connectivity index (χ2n) is 32.9. The lowest BCUT2D eigenvalue weighted by molar-refractivity contribution is -0.145. The van der Waals surface area contributed by atoms with Gasteiger partial charge in [0.1, 0.15) is 96.1 Å². The zero-order valence-corrected chi connectivity index (χ0v) is 67.9. The summed E-state index contributed by atoms with van der Waals surface area (Å²) < 4.78 is 15.2. The number of nitrogens with one attached hydrogen (secondary N) is 9. The quantitative estimate of drug-likeness (QED) is 0.0581. The Hall–Kier alpha value is -12.8. The third kappa shape index (κ3) is 21.7. The molecule has 2 aromatic heterocycles. The first-order chi connectivity index (χ1) is 56.4. The maximum atomic E-state index is 15.6. The number of aromatic nitrogens is 6. The minimum Gasteiger partial charge on any atom is -0.487 e. The normalized spacial score (nSPS) is 21.7. The topological polar surface area (TPSA) is 492 Å². The molecule has 10 amide bonds. The first-order valence-electron chi connectivity index (χ1n) is 39.3. The molecule has 2 fully saturated rings. The van der Waals surface area contributed by atoms with Gasteiger partial charge < -0.3 is 88.8 Å². The van der Waals surface area contributed by atoms with Crippen LogP contribution in [0.15, 0.2) is 146 Å². The monoisotopic (exact) mass is 1630 g/mol. The van der Waals surface area contributed by atoms with Crippen molar-refractivity contribution in [3.8, 4) is 11.5 Å². The van der Waals surface area contributed by atoms with Gasteiger partial charge >= 0.3 is 11.9 Å². The van der Waals surface area contributed by atoms with Crippen LogP contribution in [0.4, 0.5) is 0 Å². The van der Waals surface area contributed by atoms with Crippen LogP contribution in [0, 0.1) is 10.8 Å². The van der Waals surface area contributed by atoms with E-state index in [4.69, 9.17) is 20.9 Å². The Bertz CT molecular complexity index is 5100. The molecule has 6 aliphatic rings. The molecule has 15 N–H and O–H groups in total. The number of amides is 10. The number of fused-ring (bicyclic) bond motifs is 2. The van der Waals surface area contributed by atoms with Gasteiger partial charge in [0.2, 0.25) is 59.1 Å². The molecule has 630 valence electrons. The van der Waals surface area contributed by atoms with E-state index in [9.17, 15) is 43.8 Å². The number of carboxylic acid groups (broad SMARTS) is 2. The summed E-state index contributed by atoms with van der Waals surface area (Å²) in [4.78, 5) is 175. The number of nitrogens with two attached hydrogens (primary N) is 2. The molecule has 0 aliphatic carbocycles. The molecule has 35 heteroatoms. The van der Waals surface area contributed by atoms with Crippen molar-refractivity contribution in [2.45, 2.75) is 192 Å². The summed E-state index contributed by atoms with van der Waals surface area (Å²) in [5.41, 5.74) is 11.8. The van der Waals surface area contributed by atoms with Crippen molar-refractivity contribution in [3.05, 3.63) is 179 Å². The summed E-state index contributed by atoms with van der Waals surface area (Å²) in [6.45, 7) is 12.7. The van der Waals surface area contributed by atoms with Gasteiger partial charge in [-0.25, -0.2) is 14.2 Å². The molecule has 35 nitrogen and oxygen atoms in total. The fourth-order valence-electron chi connectivity index (χ4n) is 14.6. The summed E-state index contributed by atoms with van der Waals surface area (Å²) >= 11 is 0. The first kappa shape index (κ1) is 87.1. The largest absolute Gasteiger partial charge is 0.487 e. The number of likely N-dealkylation sites (N-methyl/N-ethyl adjacent to an activating group) is 2. The predicted octanol–water partition coefficient (Wildman–Crippen LogP) is 1.72. The standard InChI is InChI=1S/C84H103N19O16/c1-46(87-9)72(107)94-69(82(3,4)5)79(114)100-42-58-37-66(100)77(112)91-64(36-51-20-26-53-16-12-14-18-55(53)32-51)76(111)93-65(81(116)117)34-49-23-29-60(30-24-49)119-44-57-41-103(99-97-57)84(86)39-67(101(45-84)80(115)70(83(6,7)8)95-73(108)47(2)88-10)78(113)92-63(35-50-19-25-52-15-11-13-17-54(52)31-50)75(110)90-62(74(109)89-61(71(85)106)38-68(104)105)33-48-21-27-59(28-22-48)118-43-56-40-102(58)98-96-56/h11-32,40-41,46-47,58,61-67,69-70,87-88H,33-39,42-45,86H2,1-10H3,(H2,85,106)(H,89,109)(H,90,110)(H,91,112)(H,92,113)(H,93,111)(H,94,107)(H,95,108)(H,104,105)(H,116,117)/t46-,47-,58-,61-,62-,63-,64-,65-,66-,67-,69+,70+,84-/m0/s1. The molecule has 6 aliphatic heterocycles. The third-order valence-corrected chi connectivity index (χ3v) is 21.8. The number of carbonyl (C=O) groups excluding carboxylic acids is 10. The number of carbonyl (C=O) groups is 12. The Kier molecular flexibility index (Phi) is 27.3. The van der Waals surface area contributed by atoms with Crippen molar-refractivity contribution in [1.82, 2.24) is 87.6 Å². The summed E-state index contributed by atoms with van der Waals surface area (Å²) in [6, 6.07) is 23.0. The molecule has 2 saturated heterocycles. The molecule has 14 rings (SSSR count). The smallest absolute Gasteiger partial charge is 0.326 e. The zero-order chi connectivity index (χ0) is 85.9. The number of likely N-dealkylation sites (tertiary alicyclic amines) is 2. The van der Waals surface area contributed by atoms with Gasteiger partial charge in [0.25, 0.3) is 0 Å². The van der Waals surface area contributed by atoms with Crippen molar-refractivity contribution >= 4 is 92.6 Å². The number of hydrogen-bond donors (Lipinski definition) is 13. The van der Waals surface area contributed by atoms with Gasteiger partial charge in [-0.2, -0.15) is 0 Å².